The van der Waals surface area contributed by atoms with E-state index in [0.29, 0.717) is 82.4 Å². The van der Waals surface area contributed by atoms with Crippen LogP contribution >= 0.6 is 69.6 Å². The second-order valence-electron chi connectivity index (χ2n) is 15.9. The average Bonchev–Trinajstić information content (AvgIpc) is 4.06. The lowest BCUT2D eigenvalue weighted by molar-refractivity contribution is -0.671. The molecule has 2 heterocycles. The lowest BCUT2D eigenvalue weighted by Crippen LogP contribution is -2.36. The molecular weight excluding hydrogens is 1050 g/mol. The van der Waals surface area contributed by atoms with Gasteiger partial charge in [-0.25, -0.2) is 24.1 Å². The topological polar surface area (TPSA) is 181 Å². The number of aryl methyl sites for hydroxylation is 1. The Morgan fingerprint density at radius 3 is 1.45 bits per heavy atom. The zero-order chi connectivity index (χ0) is 51.9. The van der Waals surface area contributed by atoms with Gasteiger partial charge in [-0.2, -0.15) is 10.5 Å². The van der Waals surface area contributed by atoms with Crippen molar-refractivity contribution in [2.24, 2.45) is 17.0 Å². The molecule has 0 saturated heterocycles. The molecule has 0 spiro atoms. The van der Waals surface area contributed by atoms with Crippen LogP contribution in [0.25, 0.3) is 0 Å². The minimum absolute atomic E-state index is 0.181. The van der Waals surface area contributed by atoms with Crippen LogP contribution in [-0.2, 0) is 20.1 Å². The Hall–Kier alpha value is -7.66. The van der Waals surface area contributed by atoms with Crippen LogP contribution < -0.4 is 25.8 Å². The minimum Gasteiger partial charge on any atom is -0.335 e. The Bertz CT molecular complexity index is 3370. The second kappa shape index (κ2) is 25.6. The summed E-state index contributed by atoms with van der Waals surface area (Å²) >= 11 is 37.4. The van der Waals surface area contributed by atoms with Crippen LogP contribution in [0.5, 0.6) is 0 Å². The molecule has 73 heavy (non-hydrogen) atoms. The number of hydrogen-bond acceptors (Lipinski definition) is 7. The highest BCUT2D eigenvalue weighted by molar-refractivity contribution is 6.35. The molecule has 2 aromatic heterocycles. The van der Waals surface area contributed by atoms with Crippen molar-refractivity contribution < 1.29 is 14.2 Å². The summed E-state index contributed by atoms with van der Waals surface area (Å²) in [6.07, 6.45) is 10.9. The Balaban J connectivity index is 0.000000214. The monoisotopic (exact) mass is 1090 g/mol. The maximum atomic E-state index is 13.1. The molecule has 366 valence electrons. The molecule has 2 unspecified atom stereocenters. The third-order valence-corrected chi connectivity index (χ3v) is 12.2. The van der Waals surface area contributed by atoms with Crippen molar-refractivity contribution in [2.45, 2.75) is 25.2 Å². The predicted molar refractivity (Wildman–Crippen MR) is 289 cm³/mol. The van der Waals surface area contributed by atoms with Gasteiger partial charge in [0.15, 0.2) is 0 Å². The van der Waals surface area contributed by atoms with Crippen molar-refractivity contribution >= 4 is 105 Å². The first kappa shape index (κ1) is 53.1. The standard InChI is InChI=1S/C27H21Cl3N6O.C26H19Cl3N6O/c1-35-11-12-36(17-35)16-25(23-10-7-21(29)14-24(23)30)33-27(32-22-8-5-20(28)6-9-22)34-26(37)19-4-2-3-18(13-19)15-31;27-19-4-7-21(8-5-19)32-26(34-25(36)18-3-1-2-17(12-18)14-30)33-24(15-35-11-10-31-16-35)22-9-6-20(28)13-23(22)29/h2-14,17,25H,16H2,1H3,(H-,32,33,34,37);1-13,16,24H,15H2,(H2,32,33,34,36)/p+1. The number of rotatable bonds is 12. The van der Waals surface area contributed by atoms with Crippen molar-refractivity contribution in [2.75, 3.05) is 10.6 Å². The molecule has 0 radical (unpaired) electrons. The molecule has 0 aliphatic heterocycles. The van der Waals surface area contributed by atoms with Crippen LogP contribution in [0.3, 0.4) is 0 Å². The van der Waals surface area contributed by atoms with Crippen molar-refractivity contribution in [1.82, 2.24) is 24.8 Å². The number of imidazole rings is 2. The summed E-state index contributed by atoms with van der Waals surface area (Å²) in [4.78, 5) is 40.1. The first-order chi connectivity index (χ1) is 35.2. The molecule has 20 heteroatoms. The molecule has 2 amide bonds. The molecule has 0 saturated carbocycles. The Kier molecular flexibility index (Phi) is 18.7. The van der Waals surface area contributed by atoms with Crippen molar-refractivity contribution in [3.8, 4) is 12.1 Å². The van der Waals surface area contributed by atoms with E-state index in [9.17, 15) is 20.1 Å². The van der Waals surface area contributed by atoms with Crippen LogP contribution in [0.2, 0.25) is 30.1 Å². The highest BCUT2D eigenvalue weighted by atomic mass is 35.5. The van der Waals surface area contributed by atoms with E-state index in [2.05, 4.69) is 26.3 Å². The number of guanidine groups is 2. The van der Waals surface area contributed by atoms with Gasteiger partial charge in [0.2, 0.25) is 18.2 Å². The van der Waals surface area contributed by atoms with Gasteiger partial charge in [0.05, 0.1) is 49.2 Å². The maximum Gasteiger partial charge on any atom is 0.258 e. The van der Waals surface area contributed by atoms with E-state index in [1.165, 1.54) is 12.1 Å². The number of nitrogens with zero attached hydrogens (tertiary/aromatic N) is 8. The van der Waals surface area contributed by atoms with E-state index >= 15 is 0 Å². The largest absolute Gasteiger partial charge is 0.335 e. The summed E-state index contributed by atoms with van der Waals surface area (Å²) in [7, 11) is 1.92. The summed E-state index contributed by atoms with van der Waals surface area (Å²) in [6.45, 7) is 0.834. The number of amides is 2. The van der Waals surface area contributed by atoms with E-state index in [-0.39, 0.29) is 11.9 Å². The molecule has 14 nitrogen and oxygen atoms in total. The van der Waals surface area contributed by atoms with Gasteiger partial charge < -0.3 is 15.2 Å². The molecule has 0 aliphatic carbocycles. The Labute approximate surface area is 450 Å². The van der Waals surface area contributed by atoms with Gasteiger partial charge >= 0.3 is 0 Å². The van der Waals surface area contributed by atoms with Gasteiger partial charge in [-0.1, -0.05) is 93.9 Å². The smallest absolute Gasteiger partial charge is 0.258 e. The lowest BCUT2D eigenvalue weighted by atomic mass is 10.1. The first-order valence-electron chi connectivity index (χ1n) is 21.9. The number of benzene rings is 6. The van der Waals surface area contributed by atoms with Gasteiger partial charge in [-0.15, -0.1) is 0 Å². The second-order valence-corrected chi connectivity index (χ2v) is 18.5. The van der Waals surface area contributed by atoms with Crippen LogP contribution in [-0.4, -0.2) is 37.9 Å². The quantitative estimate of drug-likeness (QED) is 0.0533. The first-order valence-corrected chi connectivity index (χ1v) is 24.2. The summed E-state index contributed by atoms with van der Waals surface area (Å²) in [5, 5.41) is 33.5. The minimum atomic E-state index is -0.510. The molecule has 8 aromatic rings. The normalized spacial score (nSPS) is 12.0. The number of carbonyl (C=O) groups excluding carboxylic acids is 2. The lowest BCUT2D eigenvalue weighted by Gasteiger charge is -2.19. The fourth-order valence-electron chi connectivity index (χ4n) is 7.03. The van der Waals surface area contributed by atoms with Crippen molar-refractivity contribution in [1.29, 1.82) is 10.5 Å². The molecule has 2 atom stereocenters. The number of anilines is 2. The van der Waals surface area contributed by atoms with Gasteiger partial charge in [-0.3, -0.25) is 20.2 Å². The molecule has 0 bridgehead atoms. The highest BCUT2D eigenvalue weighted by Crippen LogP contribution is 2.32. The summed E-state index contributed by atoms with van der Waals surface area (Å²) in [5.41, 5.74) is 4.17. The molecule has 0 fully saturated rings. The van der Waals surface area contributed by atoms with E-state index < -0.39 is 23.9 Å². The van der Waals surface area contributed by atoms with Crippen LogP contribution in [0, 0.1) is 22.7 Å². The number of carbonyl (C=O) groups is 2. The molecule has 6 aromatic carbocycles. The fourth-order valence-corrected chi connectivity index (χ4v) is 8.35. The predicted octanol–water partition coefficient (Wildman–Crippen LogP) is 12.1. The van der Waals surface area contributed by atoms with Gasteiger partial charge in [0.1, 0.15) is 25.0 Å². The third kappa shape index (κ3) is 15.7. The number of nitriles is 2. The van der Waals surface area contributed by atoms with E-state index in [1.54, 1.807) is 128 Å². The fraction of sp³-hybridized carbons (Fsp3) is 0.0943. The Morgan fingerprint density at radius 2 is 1.05 bits per heavy atom. The summed E-state index contributed by atoms with van der Waals surface area (Å²) < 4.78 is 5.75. The molecular formula is C53H41Cl6N12O2+. The summed E-state index contributed by atoms with van der Waals surface area (Å²) in [5.74, 6) is -0.482. The maximum absolute atomic E-state index is 13.1. The molecule has 8 rings (SSSR count). The molecule has 4 N–H and O–H groups in total. The third-order valence-electron chi connectivity index (χ3n) is 10.5. The zero-order valence-electron chi connectivity index (χ0n) is 38.4. The number of hydrogen-bond donors (Lipinski definition) is 4. The highest BCUT2D eigenvalue weighted by Gasteiger charge is 2.22. The number of halogens is 6. The Morgan fingerprint density at radius 1 is 0.603 bits per heavy atom. The van der Waals surface area contributed by atoms with E-state index in [1.807, 2.05) is 63.9 Å². The van der Waals surface area contributed by atoms with E-state index in [0.717, 1.165) is 5.56 Å². The van der Waals surface area contributed by atoms with Crippen LogP contribution in [0.15, 0.2) is 181 Å². The molecule has 0 aliphatic rings. The van der Waals surface area contributed by atoms with Crippen LogP contribution in [0.1, 0.15) is 55.1 Å². The van der Waals surface area contributed by atoms with E-state index in [4.69, 9.17) is 79.6 Å². The van der Waals surface area contributed by atoms with Crippen molar-refractivity contribution in [3.63, 3.8) is 0 Å². The van der Waals surface area contributed by atoms with Crippen LogP contribution in [0.4, 0.5) is 11.4 Å². The van der Waals surface area contributed by atoms with Gasteiger partial charge in [0.25, 0.3) is 11.8 Å². The SMILES string of the molecule is C[n+]1ccn(CC(N=C(NC(=O)c2cccc(C#N)c2)Nc2ccc(Cl)cc2)c2ccc(Cl)cc2Cl)c1.N#Cc1cccc(C(=O)NC(=NC(Cn2ccnc2)c2ccc(Cl)cc2Cl)Nc2ccc(Cl)cc2)c1. The number of aliphatic imine (C=N–C) groups is 2. The summed E-state index contributed by atoms with van der Waals surface area (Å²) in [6, 6.07) is 40.3. The number of nitrogens with one attached hydrogen (secondary N) is 4. The zero-order valence-corrected chi connectivity index (χ0v) is 42.9. The van der Waals surface area contributed by atoms with Crippen molar-refractivity contribution in [3.05, 3.63) is 234 Å². The number of aromatic nitrogens is 4. The van der Waals surface area contributed by atoms with Gasteiger partial charge in [-0.05, 0) is 120 Å². The van der Waals surface area contributed by atoms with Gasteiger partial charge in [0, 0.05) is 65.0 Å². The average molecular weight is 1090 g/mol.